The van der Waals surface area contributed by atoms with Gasteiger partial charge in [-0.2, -0.15) is 0 Å². The van der Waals surface area contributed by atoms with E-state index in [-0.39, 0.29) is 12.4 Å². The molecule has 0 atom stereocenters. The van der Waals surface area contributed by atoms with E-state index in [0.29, 0.717) is 0 Å². The largest absolute Gasteiger partial charge is 0.314 e. The van der Waals surface area contributed by atoms with Crippen molar-refractivity contribution in [2.45, 2.75) is 45.2 Å². The number of nitrogens with zero attached hydrogens (tertiary/aromatic N) is 2. The summed E-state index contributed by atoms with van der Waals surface area (Å²) in [5.41, 5.74) is 0. The van der Waals surface area contributed by atoms with Gasteiger partial charge in [-0.15, -0.1) is 23.7 Å². The van der Waals surface area contributed by atoms with Gasteiger partial charge in [-0.1, -0.05) is 0 Å². The molecule has 1 saturated carbocycles. The van der Waals surface area contributed by atoms with E-state index in [4.69, 9.17) is 0 Å². The maximum atomic E-state index is 4.33. The summed E-state index contributed by atoms with van der Waals surface area (Å²) in [4.78, 5) is 8.32. The Kier molecular flexibility index (Phi) is 5.63. The summed E-state index contributed by atoms with van der Waals surface area (Å²) in [7, 11) is 0. The van der Waals surface area contributed by atoms with Gasteiger partial charge in [-0.3, -0.25) is 4.90 Å². The van der Waals surface area contributed by atoms with Crippen molar-refractivity contribution in [3.63, 3.8) is 0 Å². The average molecular weight is 302 g/mol. The quantitative estimate of drug-likeness (QED) is 0.906. The standard InChI is InChI=1S/C14H23N3S.ClH/c1-11-15-9-14(18-11)10-17-6-4-13(5-7-17)16-8-12-2-3-12;/h9,12-13,16H,2-8,10H2,1H3;1H. The molecule has 1 N–H and O–H groups in total. The first-order valence-corrected chi connectivity index (χ1v) is 7.98. The summed E-state index contributed by atoms with van der Waals surface area (Å²) in [5.74, 6) is 1.00. The Labute approximate surface area is 126 Å². The molecule has 108 valence electrons. The number of likely N-dealkylation sites (tertiary alicyclic amines) is 1. The van der Waals surface area contributed by atoms with Gasteiger partial charge in [0, 0.05) is 36.8 Å². The van der Waals surface area contributed by atoms with Crippen LogP contribution in [0, 0.1) is 12.8 Å². The SMILES string of the molecule is Cc1ncc(CN2CCC(NCC3CC3)CC2)s1.Cl. The molecule has 0 aromatic carbocycles. The van der Waals surface area contributed by atoms with Crippen molar-refractivity contribution in [1.82, 2.24) is 15.2 Å². The highest BCUT2D eigenvalue weighted by Crippen LogP contribution is 2.28. The molecule has 2 fully saturated rings. The zero-order chi connectivity index (χ0) is 12.4. The fourth-order valence-electron chi connectivity index (χ4n) is 2.65. The third-order valence-electron chi connectivity index (χ3n) is 4.03. The summed E-state index contributed by atoms with van der Waals surface area (Å²) in [6.07, 6.45) is 7.57. The van der Waals surface area contributed by atoms with Crippen LogP contribution in [0.2, 0.25) is 0 Å². The minimum absolute atomic E-state index is 0. The van der Waals surface area contributed by atoms with Gasteiger partial charge >= 0.3 is 0 Å². The van der Waals surface area contributed by atoms with Crippen LogP contribution in [0.15, 0.2) is 6.20 Å². The van der Waals surface area contributed by atoms with Crippen LogP contribution >= 0.6 is 23.7 Å². The van der Waals surface area contributed by atoms with Crippen molar-refractivity contribution in [1.29, 1.82) is 0 Å². The number of aromatic nitrogens is 1. The van der Waals surface area contributed by atoms with E-state index in [0.717, 1.165) is 18.5 Å². The number of rotatable bonds is 5. The molecule has 3 nitrogen and oxygen atoms in total. The molecule has 0 spiro atoms. The Hall–Kier alpha value is -0.160. The second-order valence-corrected chi connectivity index (χ2v) is 7.07. The Morgan fingerprint density at radius 1 is 1.32 bits per heavy atom. The topological polar surface area (TPSA) is 28.2 Å². The van der Waals surface area contributed by atoms with Crippen LogP contribution in [0.4, 0.5) is 0 Å². The first kappa shape index (κ1) is 15.2. The smallest absolute Gasteiger partial charge is 0.0897 e. The Morgan fingerprint density at radius 2 is 2.05 bits per heavy atom. The number of thiazole rings is 1. The molecular weight excluding hydrogens is 278 g/mol. The number of halogens is 1. The Morgan fingerprint density at radius 3 is 2.63 bits per heavy atom. The maximum absolute atomic E-state index is 4.33. The van der Waals surface area contributed by atoms with Crippen LogP contribution in [0.5, 0.6) is 0 Å². The van der Waals surface area contributed by atoms with E-state index in [2.05, 4.69) is 22.1 Å². The fourth-order valence-corrected chi connectivity index (χ4v) is 3.49. The number of aryl methyl sites for hydroxylation is 1. The zero-order valence-corrected chi connectivity index (χ0v) is 13.2. The molecule has 1 saturated heterocycles. The van der Waals surface area contributed by atoms with Gasteiger partial charge in [0.2, 0.25) is 0 Å². The van der Waals surface area contributed by atoms with Crippen LogP contribution in [0.1, 0.15) is 35.6 Å². The van der Waals surface area contributed by atoms with Gasteiger partial charge in [0.25, 0.3) is 0 Å². The number of nitrogens with one attached hydrogen (secondary N) is 1. The highest BCUT2D eigenvalue weighted by Gasteiger charge is 2.24. The summed E-state index contributed by atoms with van der Waals surface area (Å²) >= 11 is 1.84. The number of hydrogen-bond donors (Lipinski definition) is 1. The Bertz CT molecular complexity index is 384. The molecule has 0 bridgehead atoms. The van der Waals surface area contributed by atoms with Gasteiger partial charge in [-0.05, 0) is 45.1 Å². The lowest BCUT2D eigenvalue weighted by atomic mass is 10.0. The molecule has 5 heteroatoms. The molecule has 19 heavy (non-hydrogen) atoms. The molecule has 3 rings (SSSR count). The minimum Gasteiger partial charge on any atom is -0.314 e. The molecule has 2 aliphatic rings. The zero-order valence-electron chi connectivity index (χ0n) is 11.6. The summed E-state index contributed by atoms with van der Waals surface area (Å²) in [6.45, 7) is 6.92. The van der Waals surface area contributed by atoms with Gasteiger partial charge in [0.05, 0.1) is 5.01 Å². The lowest BCUT2D eigenvalue weighted by Gasteiger charge is -2.32. The van der Waals surface area contributed by atoms with Crippen LogP contribution in [-0.2, 0) is 6.54 Å². The molecule has 0 amide bonds. The minimum atomic E-state index is 0. The molecule has 2 heterocycles. The van der Waals surface area contributed by atoms with Crippen molar-refractivity contribution in [3.8, 4) is 0 Å². The van der Waals surface area contributed by atoms with Crippen LogP contribution < -0.4 is 5.32 Å². The third-order valence-corrected chi connectivity index (χ3v) is 4.93. The van der Waals surface area contributed by atoms with Gasteiger partial charge in [0.15, 0.2) is 0 Å². The van der Waals surface area contributed by atoms with Gasteiger partial charge in [-0.25, -0.2) is 4.98 Å². The molecule has 0 radical (unpaired) electrons. The summed E-state index contributed by atoms with van der Waals surface area (Å²) in [6, 6.07) is 0.769. The van der Waals surface area contributed by atoms with Crippen LogP contribution in [-0.4, -0.2) is 35.6 Å². The second-order valence-electron chi connectivity index (χ2n) is 5.75. The lowest BCUT2D eigenvalue weighted by molar-refractivity contribution is 0.191. The molecule has 1 aromatic heterocycles. The molecule has 1 aliphatic heterocycles. The highest BCUT2D eigenvalue weighted by molar-refractivity contribution is 7.11. The molecule has 0 unspecified atom stereocenters. The predicted molar refractivity (Wildman–Crippen MR) is 83.1 cm³/mol. The number of piperidine rings is 1. The fraction of sp³-hybridized carbons (Fsp3) is 0.786. The van der Waals surface area contributed by atoms with E-state index < -0.39 is 0 Å². The normalized spacial score (nSPS) is 21.3. The van der Waals surface area contributed by atoms with Gasteiger partial charge in [0.1, 0.15) is 0 Å². The highest BCUT2D eigenvalue weighted by atomic mass is 35.5. The van der Waals surface area contributed by atoms with Crippen molar-refractivity contribution >= 4 is 23.7 Å². The average Bonchev–Trinajstić information content (AvgIpc) is 3.12. The predicted octanol–water partition coefficient (Wildman–Crippen LogP) is 2.84. The van der Waals surface area contributed by atoms with E-state index in [1.54, 1.807) is 0 Å². The van der Waals surface area contributed by atoms with Crippen molar-refractivity contribution < 1.29 is 0 Å². The first-order chi connectivity index (χ1) is 8.79. The van der Waals surface area contributed by atoms with E-state index >= 15 is 0 Å². The third kappa shape index (κ3) is 4.71. The Balaban J connectivity index is 0.00000133. The van der Waals surface area contributed by atoms with E-state index in [1.165, 1.54) is 55.2 Å². The summed E-state index contributed by atoms with van der Waals surface area (Å²) in [5, 5.41) is 4.92. The van der Waals surface area contributed by atoms with E-state index in [9.17, 15) is 0 Å². The van der Waals surface area contributed by atoms with Crippen LogP contribution in [0.25, 0.3) is 0 Å². The molecule has 1 aromatic rings. The number of hydrogen-bond acceptors (Lipinski definition) is 4. The summed E-state index contributed by atoms with van der Waals surface area (Å²) < 4.78 is 0. The van der Waals surface area contributed by atoms with Crippen molar-refractivity contribution in [2.24, 2.45) is 5.92 Å². The van der Waals surface area contributed by atoms with Crippen molar-refractivity contribution in [2.75, 3.05) is 19.6 Å². The van der Waals surface area contributed by atoms with Crippen LogP contribution in [0.3, 0.4) is 0 Å². The first-order valence-electron chi connectivity index (χ1n) is 7.16. The second kappa shape index (κ2) is 7.02. The monoisotopic (exact) mass is 301 g/mol. The van der Waals surface area contributed by atoms with Gasteiger partial charge < -0.3 is 5.32 Å². The maximum Gasteiger partial charge on any atom is 0.0897 e. The molecular formula is C14H24ClN3S. The molecule has 1 aliphatic carbocycles. The van der Waals surface area contributed by atoms with Crippen molar-refractivity contribution in [3.05, 3.63) is 16.1 Å². The van der Waals surface area contributed by atoms with E-state index in [1.807, 2.05) is 17.5 Å². The lowest BCUT2D eigenvalue weighted by Crippen LogP contribution is -2.42.